The highest BCUT2D eigenvalue weighted by molar-refractivity contribution is 6.30. The maximum absolute atomic E-state index is 13.1. The summed E-state index contributed by atoms with van der Waals surface area (Å²) >= 11 is 6.01. The van der Waals surface area contributed by atoms with Gasteiger partial charge in [-0.3, -0.25) is 9.59 Å². The number of aromatic nitrogens is 2. The van der Waals surface area contributed by atoms with E-state index in [0.29, 0.717) is 57.3 Å². The molecule has 2 amide bonds. The molecular formula is C24H31ClN4O4. The second-order valence-corrected chi connectivity index (χ2v) is 8.96. The standard InChI is InChI=1S/C24H31ClN4O4/c1-2-22-26-8-10-28(22)17-24(31)29-9-7-21(33-20-5-3-19(25)4-6-20)18(16-29)15-23(30)27-11-13-32-14-12-27/h3-6,8,10,18,21H,2,7,9,11-17H2,1H3/t18-,21-/m0/s1. The van der Waals surface area contributed by atoms with Crippen molar-refractivity contribution in [3.8, 4) is 5.75 Å². The molecule has 1 aromatic carbocycles. The van der Waals surface area contributed by atoms with E-state index in [2.05, 4.69) is 4.98 Å². The van der Waals surface area contributed by atoms with Crippen molar-refractivity contribution in [2.75, 3.05) is 39.4 Å². The number of rotatable bonds is 7. The molecule has 0 aliphatic carbocycles. The van der Waals surface area contributed by atoms with Crippen molar-refractivity contribution >= 4 is 23.4 Å². The molecule has 9 heteroatoms. The van der Waals surface area contributed by atoms with Gasteiger partial charge in [0, 0.05) is 68.8 Å². The van der Waals surface area contributed by atoms with Crippen LogP contribution in [-0.2, 0) is 27.3 Å². The first-order valence-electron chi connectivity index (χ1n) is 11.6. The topological polar surface area (TPSA) is 76.9 Å². The number of hydrogen-bond acceptors (Lipinski definition) is 5. The second kappa shape index (κ2) is 11.0. The molecule has 2 aromatic rings. The van der Waals surface area contributed by atoms with Gasteiger partial charge >= 0.3 is 0 Å². The zero-order valence-corrected chi connectivity index (χ0v) is 19.7. The fraction of sp³-hybridized carbons (Fsp3) is 0.542. The van der Waals surface area contributed by atoms with E-state index < -0.39 is 0 Å². The number of imidazole rings is 1. The maximum Gasteiger partial charge on any atom is 0.242 e. The molecule has 2 aliphatic heterocycles. The van der Waals surface area contributed by atoms with Gasteiger partial charge in [-0.1, -0.05) is 18.5 Å². The monoisotopic (exact) mass is 474 g/mol. The van der Waals surface area contributed by atoms with Gasteiger partial charge in [0.25, 0.3) is 0 Å². The van der Waals surface area contributed by atoms with Crippen LogP contribution in [-0.4, -0.2) is 76.7 Å². The third-order valence-electron chi connectivity index (χ3n) is 6.34. The van der Waals surface area contributed by atoms with Crippen molar-refractivity contribution in [2.24, 2.45) is 5.92 Å². The Kier molecular flexibility index (Phi) is 7.88. The lowest BCUT2D eigenvalue weighted by molar-refractivity contribution is -0.141. The van der Waals surface area contributed by atoms with Crippen LogP contribution in [0.2, 0.25) is 5.02 Å². The van der Waals surface area contributed by atoms with E-state index in [1.807, 2.05) is 39.6 Å². The van der Waals surface area contributed by atoms with Crippen LogP contribution < -0.4 is 4.74 Å². The highest BCUT2D eigenvalue weighted by atomic mass is 35.5. The Morgan fingerprint density at radius 3 is 2.61 bits per heavy atom. The molecule has 0 saturated carbocycles. The lowest BCUT2D eigenvalue weighted by Gasteiger charge is -2.39. The van der Waals surface area contributed by atoms with E-state index in [1.54, 1.807) is 18.3 Å². The molecule has 0 unspecified atom stereocenters. The molecule has 178 valence electrons. The fourth-order valence-electron chi connectivity index (χ4n) is 4.49. The van der Waals surface area contributed by atoms with Crippen molar-refractivity contribution in [1.82, 2.24) is 19.4 Å². The zero-order valence-electron chi connectivity index (χ0n) is 19.0. The van der Waals surface area contributed by atoms with Gasteiger partial charge in [-0.15, -0.1) is 0 Å². The summed E-state index contributed by atoms with van der Waals surface area (Å²) in [5.41, 5.74) is 0. The first-order valence-corrected chi connectivity index (χ1v) is 12.0. The van der Waals surface area contributed by atoms with Crippen LogP contribution in [0, 0.1) is 5.92 Å². The van der Waals surface area contributed by atoms with Gasteiger partial charge in [-0.2, -0.15) is 0 Å². The van der Waals surface area contributed by atoms with E-state index in [-0.39, 0.29) is 30.4 Å². The van der Waals surface area contributed by atoms with Gasteiger partial charge in [0.15, 0.2) is 0 Å². The lowest BCUT2D eigenvalue weighted by Crippen LogP contribution is -2.51. The molecule has 0 N–H and O–H groups in total. The smallest absolute Gasteiger partial charge is 0.242 e. The number of ether oxygens (including phenoxy) is 2. The third-order valence-corrected chi connectivity index (χ3v) is 6.59. The Hall–Kier alpha value is -2.58. The number of halogens is 1. The number of carbonyl (C=O) groups is 2. The Morgan fingerprint density at radius 1 is 1.12 bits per heavy atom. The summed E-state index contributed by atoms with van der Waals surface area (Å²) in [4.78, 5) is 34.1. The lowest BCUT2D eigenvalue weighted by atomic mass is 9.90. The molecule has 4 rings (SSSR count). The number of carbonyl (C=O) groups excluding carboxylic acids is 2. The van der Waals surface area contributed by atoms with E-state index in [0.717, 1.165) is 18.0 Å². The molecule has 33 heavy (non-hydrogen) atoms. The van der Waals surface area contributed by atoms with Crippen LogP contribution in [0.5, 0.6) is 5.75 Å². The number of benzene rings is 1. The van der Waals surface area contributed by atoms with Crippen LogP contribution in [0.3, 0.4) is 0 Å². The van der Waals surface area contributed by atoms with Gasteiger partial charge in [0.05, 0.1) is 13.2 Å². The van der Waals surface area contributed by atoms with Crippen molar-refractivity contribution in [2.45, 2.75) is 38.8 Å². The minimum absolute atomic E-state index is 0.0384. The second-order valence-electron chi connectivity index (χ2n) is 8.52. The Balaban J connectivity index is 1.45. The largest absolute Gasteiger partial charge is 0.490 e. The third kappa shape index (κ3) is 6.06. The average Bonchev–Trinajstić information content (AvgIpc) is 3.29. The minimum atomic E-state index is -0.153. The number of hydrogen-bond donors (Lipinski definition) is 0. The summed E-state index contributed by atoms with van der Waals surface area (Å²) in [6.07, 6.45) is 5.19. The molecule has 2 atom stereocenters. The molecule has 3 heterocycles. The molecule has 0 spiro atoms. The van der Waals surface area contributed by atoms with Crippen LogP contribution in [0.1, 0.15) is 25.6 Å². The Bertz CT molecular complexity index is 942. The first kappa shape index (κ1) is 23.6. The molecular weight excluding hydrogens is 444 g/mol. The SMILES string of the molecule is CCc1nccn1CC(=O)N1CC[C@H](Oc2ccc(Cl)cc2)[C@@H](CC(=O)N2CCOCC2)C1. The summed E-state index contributed by atoms with van der Waals surface area (Å²) in [5.74, 6) is 1.64. The van der Waals surface area contributed by atoms with E-state index in [4.69, 9.17) is 21.1 Å². The van der Waals surface area contributed by atoms with Crippen molar-refractivity contribution in [3.63, 3.8) is 0 Å². The van der Waals surface area contributed by atoms with Crippen molar-refractivity contribution in [1.29, 1.82) is 0 Å². The van der Waals surface area contributed by atoms with Gasteiger partial charge in [0.2, 0.25) is 11.8 Å². The number of aryl methyl sites for hydroxylation is 1. The summed E-state index contributed by atoms with van der Waals surface area (Å²) in [6, 6.07) is 7.26. The predicted molar refractivity (Wildman–Crippen MR) is 124 cm³/mol. The molecule has 0 radical (unpaired) electrons. The highest BCUT2D eigenvalue weighted by Gasteiger charge is 2.35. The number of nitrogens with zero attached hydrogens (tertiary/aromatic N) is 4. The Morgan fingerprint density at radius 2 is 1.88 bits per heavy atom. The van der Waals surface area contributed by atoms with Gasteiger partial charge in [-0.25, -0.2) is 4.98 Å². The van der Waals surface area contributed by atoms with E-state index in [1.165, 1.54) is 0 Å². The number of piperidine rings is 1. The molecule has 0 bridgehead atoms. The quantitative estimate of drug-likeness (QED) is 0.616. The van der Waals surface area contributed by atoms with E-state index in [9.17, 15) is 9.59 Å². The summed E-state index contributed by atoms with van der Waals surface area (Å²) in [5, 5.41) is 0.646. The number of amides is 2. The van der Waals surface area contributed by atoms with E-state index >= 15 is 0 Å². The maximum atomic E-state index is 13.1. The number of likely N-dealkylation sites (tertiary alicyclic amines) is 1. The number of morpholine rings is 1. The van der Waals surface area contributed by atoms with Gasteiger partial charge in [0.1, 0.15) is 24.2 Å². The molecule has 1 aromatic heterocycles. The molecule has 2 fully saturated rings. The van der Waals surface area contributed by atoms with Crippen LogP contribution in [0.4, 0.5) is 0 Å². The van der Waals surface area contributed by atoms with Crippen molar-refractivity contribution < 1.29 is 19.1 Å². The predicted octanol–water partition coefficient (Wildman–Crippen LogP) is 2.64. The summed E-state index contributed by atoms with van der Waals surface area (Å²) in [6.45, 7) is 5.71. The van der Waals surface area contributed by atoms with Crippen molar-refractivity contribution in [3.05, 3.63) is 47.5 Å². The zero-order chi connectivity index (χ0) is 23.2. The highest BCUT2D eigenvalue weighted by Crippen LogP contribution is 2.27. The van der Waals surface area contributed by atoms with Crippen LogP contribution in [0.25, 0.3) is 0 Å². The molecule has 8 nitrogen and oxygen atoms in total. The first-order chi connectivity index (χ1) is 16.0. The summed E-state index contributed by atoms with van der Waals surface area (Å²) < 4.78 is 13.5. The van der Waals surface area contributed by atoms with Gasteiger partial charge in [-0.05, 0) is 24.3 Å². The normalized spacial score (nSPS) is 21.2. The summed E-state index contributed by atoms with van der Waals surface area (Å²) in [7, 11) is 0. The minimum Gasteiger partial charge on any atom is -0.490 e. The molecule has 2 aliphatic rings. The Labute approximate surface area is 199 Å². The average molecular weight is 475 g/mol. The fourth-order valence-corrected chi connectivity index (χ4v) is 4.61. The molecule has 2 saturated heterocycles. The van der Waals surface area contributed by atoms with Gasteiger partial charge < -0.3 is 23.8 Å². The van der Waals surface area contributed by atoms with Crippen LogP contribution >= 0.6 is 11.6 Å². The van der Waals surface area contributed by atoms with Crippen LogP contribution in [0.15, 0.2) is 36.7 Å².